The SMILES string of the molecule is CC(C)C[C@H](N)C(=O)Nc1nc2ccccc2[nH]1. The fraction of sp³-hybridized carbons (Fsp3) is 0.385. The minimum atomic E-state index is -0.502. The summed E-state index contributed by atoms with van der Waals surface area (Å²) in [6.45, 7) is 4.07. The Morgan fingerprint density at radius 1 is 1.44 bits per heavy atom. The molecule has 0 saturated heterocycles. The summed E-state index contributed by atoms with van der Waals surface area (Å²) in [4.78, 5) is 19.1. The van der Waals surface area contributed by atoms with Gasteiger partial charge in [0.25, 0.3) is 0 Å². The molecule has 1 heterocycles. The van der Waals surface area contributed by atoms with Gasteiger partial charge < -0.3 is 10.7 Å². The number of nitrogens with one attached hydrogen (secondary N) is 2. The molecule has 0 aliphatic carbocycles. The number of carbonyl (C=O) groups excluding carboxylic acids is 1. The highest BCUT2D eigenvalue weighted by atomic mass is 16.2. The third-order valence-corrected chi connectivity index (χ3v) is 2.69. The van der Waals surface area contributed by atoms with Gasteiger partial charge in [-0.25, -0.2) is 4.98 Å². The number of amides is 1. The molecule has 96 valence electrons. The molecule has 0 unspecified atom stereocenters. The lowest BCUT2D eigenvalue weighted by atomic mass is 10.0. The number of rotatable bonds is 4. The molecular formula is C13H18N4O. The van der Waals surface area contributed by atoms with Crippen LogP contribution in [-0.2, 0) is 4.79 Å². The highest BCUT2D eigenvalue weighted by molar-refractivity contribution is 5.94. The third kappa shape index (κ3) is 2.87. The highest BCUT2D eigenvalue weighted by Gasteiger charge is 2.16. The van der Waals surface area contributed by atoms with Crippen molar-refractivity contribution >= 4 is 22.9 Å². The Morgan fingerprint density at radius 3 is 2.83 bits per heavy atom. The molecule has 0 spiro atoms. The summed E-state index contributed by atoms with van der Waals surface area (Å²) in [7, 11) is 0. The number of fused-ring (bicyclic) bond motifs is 1. The van der Waals surface area contributed by atoms with Crippen molar-refractivity contribution < 1.29 is 4.79 Å². The lowest BCUT2D eigenvalue weighted by Crippen LogP contribution is -2.36. The van der Waals surface area contributed by atoms with Crippen LogP contribution in [0.25, 0.3) is 11.0 Å². The summed E-state index contributed by atoms with van der Waals surface area (Å²) in [5.41, 5.74) is 7.52. The van der Waals surface area contributed by atoms with E-state index in [2.05, 4.69) is 15.3 Å². The highest BCUT2D eigenvalue weighted by Crippen LogP contribution is 2.13. The smallest absolute Gasteiger partial charge is 0.243 e. The molecule has 1 aromatic carbocycles. The molecule has 2 rings (SSSR count). The summed E-state index contributed by atoms with van der Waals surface area (Å²) in [6, 6.07) is 7.11. The average Bonchev–Trinajstić information content (AvgIpc) is 2.69. The van der Waals surface area contributed by atoms with E-state index < -0.39 is 6.04 Å². The van der Waals surface area contributed by atoms with Gasteiger partial charge in [-0.05, 0) is 24.5 Å². The van der Waals surface area contributed by atoms with E-state index in [1.165, 1.54) is 0 Å². The zero-order chi connectivity index (χ0) is 13.1. The van der Waals surface area contributed by atoms with Crippen LogP contribution in [0.15, 0.2) is 24.3 Å². The number of aromatic nitrogens is 2. The maximum atomic E-state index is 11.8. The zero-order valence-electron chi connectivity index (χ0n) is 10.6. The van der Waals surface area contributed by atoms with Crippen LogP contribution in [0.4, 0.5) is 5.95 Å². The first-order valence-corrected chi connectivity index (χ1v) is 6.07. The molecule has 18 heavy (non-hydrogen) atoms. The molecule has 0 aliphatic heterocycles. The van der Waals surface area contributed by atoms with Crippen molar-refractivity contribution in [2.75, 3.05) is 5.32 Å². The molecule has 0 saturated carbocycles. The summed E-state index contributed by atoms with van der Waals surface area (Å²) >= 11 is 0. The molecule has 5 nitrogen and oxygen atoms in total. The van der Waals surface area contributed by atoms with E-state index in [0.717, 1.165) is 11.0 Å². The number of benzene rings is 1. The molecule has 0 aliphatic rings. The Balaban J connectivity index is 2.06. The van der Waals surface area contributed by atoms with Crippen LogP contribution in [0.3, 0.4) is 0 Å². The standard InChI is InChI=1S/C13H18N4O/c1-8(2)7-9(14)12(18)17-13-15-10-5-3-4-6-11(10)16-13/h3-6,8-9H,7,14H2,1-2H3,(H2,15,16,17,18)/t9-/m0/s1. The summed E-state index contributed by atoms with van der Waals surface area (Å²) in [5, 5.41) is 2.71. The lowest BCUT2D eigenvalue weighted by molar-refractivity contribution is -0.117. The van der Waals surface area contributed by atoms with Gasteiger partial charge in [0.15, 0.2) is 0 Å². The van der Waals surface area contributed by atoms with Gasteiger partial charge in [0, 0.05) is 0 Å². The number of nitrogens with two attached hydrogens (primary N) is 1. The average molecular weight is 246 g/mol. The van der Waals surface area contributed by atoms with Crippen molar-refractivity contribution in [3.05, 3.63) is 24.3 Å². The van der Waals surface area contributed by atoms with Gasteiger partial charge in [-0.15, -0.1) is 0 Å². The largest absolute Gasteiger partial charge is 0.324 e. The molecule has 1 aromatic heterocycles. The second-order valence-corrected chi connectivity index (χ2v) is 4.83. The van der Waals surface area contributed by atoms with E-state index in [1.54, 1.807) is 0 Å². The summed E-state index contributed by atoms with van der Waals surface area (Å²) < 4.78 is 0. The Bertz CT molecular complexity index is 514. The van der Waals surface area contributed by atoms with Gasteiger partial charge in [-0.2, -0.15) is 0 Å². The van der Waals surface area contributed by atoms with Crippen LogP contribution in [0.1, 0.15) is 20.3 Å². The quantitative estimate of drug-likeness (QED) is 0.770. The van der Waals surface area contributed by atoms with Crippen molar-refractivity contribution in [2.24, 2.45) is 11.7 Å². The minimum absolute atomic E-state index is 0.206. The second kappa shape index (κ2) is 5.18. The first kappa shape index (κ1) is 12.6. The molecule has 5 heteroatoms. The van der Waals surface area contributed by atoms with Crippen molar-refractivity contribution in [2.45, 2.75) is 26.3 Å². The first-order valence-electron chi connectivity index (χ1n) is 6.07. The summed E-state index contributed by atoms with van der Waals surface area (Å²) in [6.07, 6.45) is 0.659. The van der Waals surface area contributed by atoms with Crippen LogP contribution in [0, 0.1) is 5.92 Å². The van der Waals surface area contributed by atoms with E-state index >= 15 is 0 Å². The first-order chi connectivity index (χ1) is 8.56. The zero-order valence-corrected chi connectivity index (χ0v) is 10.6. The Kier molecular flexibility index (Phi) is 3.62. The van der Waals surface area contributed by atoms with E-state index in [4.69, 9.17) is 5.73 Å². The molecule has 2 aromatic rings. The van der Waals surface area contributed by atoms with Gasteiger partial charge >= 0.3 is 0 Å². The topological polar surface area (TPSA) is 83.8 Å². The fourth-order valence-electron chi connectivity index (χ4n) is 1.84. The van der Waals surface area contributed by atoms with Crippen molar-refractivity contribution in [1.29, 1.82) is 0 Å². The number of hydrogen-bond donors (Lipinski definition) is 3. The van der Waals surface area contributed by atoms with Crippen molar-refractivity contribution in [3.63, 3.8) is 0 Å². The molecule has 1 amide bonds. The monoisotopic (exact) mass is 246 g/mol. The van der Waals surface area contributed by atoms with Crippen LogP contribution < -0.4 is 11.1 Å². The summed E-state index contributed by atoms with van der Waals surface area (Å²) in [5.74, 6) is 0.629. The van der Waals surface area contributed by atoms with Crippen molar-refractivity contribution in [1.82, 2.24) is 9.97 Å². The van der Waals surface area contributed by atoms with E-state index in [-0.39, 0.29) is 5.91 Å². The van der Waals surface area contributed by atoms with Gasteiger partial charge in [-0.3, -0.25) is 10.1 Å². The van der Waals surface area contributed by atoms with Gasteiger partial charge in [0.05, 0.1) is 17.1 Å². The number of hydrogen-bond acceptors (Lipinski definition) is 3. The number of H-pyrrole nitrogens is 1. The van der Waals surface area contributed by atoms with E-state index in [0.29, 0.717) is 18.3 Å². The van der Waals surface area contributed by atoms with Crippen LogP contribution in [0.2, 0.25) is 0 Å². The number of anilines is 1. The Labute approximate surface area is 106 Å². The number of carbonyl (C=O) groups is 1. The molecular weight excluding hydrogens is 228 g/mol. The molecule has 0 radical (unpaired) electrons. The predicted octanol–water partition coefficient (Wildman–Crippen LogP) is 1.87. The molecule has 0 fully saturated rings. The molecule has 4 N–H and O–H groups in total. The number of imidazole rings is 1. The van der Waals surface area contributed by atoms with Crippen LogP contribution in [0.5, 0.6) is 0 Å². The van der Waals surface area contributed by atoms with E-state index in [1.807, 2.05) is 38.1 Å². The van der Waals surface area contributed by atoms with Crippen LogP contribution in [-0.4, -0.2) is 21.9 Å². The normalized spacial score (nSPS) is 12.9. The van der Waals surface area contributed by atoms with E-state index in [9.17, 15) is 4.79 Å². The van der Waals surface area contributed by atoms with Crippen LogP contribution >= 0.6 is 0 Å². The molecule has 1 atom stereocenters. The Hall–Kier alpha value is -1.88. The number of para-hydroxylation sites is 2. The van der Waals surface area contributed by atoms with Gasteiger partial charge in [0.1, 0.15) is 0 Å². The van der Waals surface area contributed by atoms with Gasteiger partial charge in [0.2, 0.25) is 11.9 Å². The maximum absolute atomic E-state index is 11.8. The third-order valence-electron chi connectivity index (χ3n) is 2.69. The maximum Gasteiger partial charge on any atom is 0.243 e. The lowest BCUT2D eigenvalue weighted by Gasteiger charge is -2.12. The fourth-order valence-corrected chi connectivity index (χ4v) is 1.84. The Morgan fingerprint density at radius 2 is 2.17 bits per heavy atom. The predicted molar refractivity (Wildman–Crippen MR) is 72.2 cm³/mol. The number of aromatic amines is 1. The van der Waals surface area contributed by atoms with Crippen molar-refractivity contribution in [3.8, 4) is 0 Å². The minimum Gasteiger partial charge on any atom is -0.324 e. The second-order valence-electron chi connectivity index (χ2n) is 4.83. The molecule has 0 bridgehead atoms. The number of nitrogens with zero attached hydrogens (tertiary/aromatic N) is 1. The van der Waals surface area contributed by atoms with Gasteiger partial charge in [-0.1, -0.05) is 26.0 Å².